The van der Waals surface area contributed by atoms with Crippen molar-refractivity contribution in [2.24, 2.45) is 0 Å². The first kappa shape index (κ1) is 16.4. The molecule has 0 unspecified atom stereocenters. The topological polar surface area (TPSA) is 46.6 Å². The van der Waals surface area contributed by atoms with E-state index in [0.717, 1.165) is 5.56 Å². The van der Waals surface area contributed by atoms with Gasteiger partial charge in [0, 0.05) is 6.04 Å². The van der Waals surface area contributed by atoms with Crippen molar-refractivity contribution in [1.29, 1.82) is 0 Å². The Labute approximate surface area is 145 Å². The molecule has 122 valence electrons. The zero-order valence-electron chi connectivity index (χ0n) is 12.6. The normalized spacial score (nSPS) is 17.2. The van der Waals surface area contributed by atoms with E-state index < -0.39 is 10.0 Å². The van der Waals surface area contributed by atoms with Crippen molar-refractivity contribution in [1.82, 2.24) is 0 Å². The molecule has 0 bridgehead atoms. The van der Waals surface area contributed by atoms with Crippen LogP contribution in [0, 0.1) is 0 Å². The van der Waals surface area contributed by atoms with Gasteiger partial charge in [-0.15, -0.1) is 0 Å². The number of benzene rings is 2. The molecule has 0 aliphatic carbocycles. The Hall–Kier alpha value is -1.43. The van der Waals surface area contributed by atoms with Gasteiger partial charge in [0.15, 0.2) is 5.75 Å². The number of methoxy groups -OCH3 is 1. The Morgan fingerprint density at radius 1 is 1.17 bits per heavy atom. The van der Waals surface area contributed by atoms with Crippen LogP contribution in [0.3, 0.4) is 0 Å². The van der Waals surface area contributed by atoms with Gasteiger partial charge in [0.1, 0.15) is 9.92 Å². The van der Waals surface area contributed by atoms with Gasteiger partial charge in [-0.2, -0.15) is 0 Å². The molecule has 0 radical (unpaired) electrons. The molecular formula is C16H15Cl2NO3S. The van der Waals surface area contributed by atoms with Crippen LogP contribution in [0.1, 0.15) is 12.5 Å². The average molecular weight is 372 g/mol. The van der Waals surface area contributed by atoms with Gasteiger partial charge in [-0.3, -0.25) is 4.31 Å². The Kier molecular flexibility index (Phi) is 4.21. The maximum atomic E-state index is 13.2. The van der Waals surface area contributed by atoms with Gasteiger partial charge in [0.2, 0.25) is 0 Å². The van der Waals surface area contributed by atoms with Crippen molar-refractivity contribution in [3.8, 4) is 5.75 Å². The molecule has 1 aliphatic rings. The molecule has 0 amide bonds. The number of sulfonamides is 1. The van der Waals surface area contributed by atoms with Crippen LogP contribution >= 0.6 is 23.2 Å². The van der Waals surface area contributed by atoms with Crippen LogP contribution < -0.4 is 9.04 Å². The predicted octanol–water partition coefficient (Wildman–Crippen LogP) is 4.14. The SMILES string of the molecule is COc1c(S(=O)(=O)N2c3ccccc3C[C@@H]2C)ccc(Cl)c1Cl. The van der Waals surface area contributed by atoms with Crippen LogP contribution in [0.15, 0.2) is 41.3 Å². The molecule has 23 heavy (non-hydrogen) atoms. The minimum absolute atomic E-state index is 0.0120. The smallest absolute Gasteiger partial charge is 0.268 e. The van der Waals surface area contributed by atoms with E-state index in [1.807, 2.05) is 25.1 Å². The Morgan fingerprint density at radius 2 is 1.87 bits per heavy atom. The summed E-state index contributed by atoms with van der Waals surface area (Å²) in [5, 5.41) is 0.340. The summed E-state index contributed by atoms with van der Waals surface area (Å²) in [7, 11) is -2.45. The zero-order chi connectivity index (χ0) is 16.8. The monoisotopic (exact) mass is 371 g/mol. The van der Waals surface area contributed by atoms with Gasteiger partial charge >= 0.3 is 0 Å². The van der Waals surface area contributed by atoms with Crippen molar-refractivity contribution in [3.05, 3.63) is 52.0 Å². The molecule has 1 atom stereocenters. The van der Waals surface area contributed by atoms with Crippen LogP contribution in [0.25, 0.3) is 0 Å². The molecule has 0 saturated carbocycles. The number of para-hydroxylation sites is 1. The van der Waals surface area contributed by atoms with Crippen molar-refractivity contribution in [3.63, 3.8) is 0 Å². The molecule has 3 rings (SSSR count). The third kappa shape index (κ3) is 2.57. The summed E-state index contributed by atoms with van der Waals surface area (Å²) in [6, 6.07) is 10.2. The summed E-state index contributed by atoms with van der Waals surface area (Å²) in [5.74, 6) is 0.0655. The molecule has 2 aromatic carbocycles. The van der Waals surface area contributed by atoms with E-state index in [1.54, 1.807) is 6.07 Å². The van der Waals surface area contributed by atoms with E-state index in [0.29, 0.717) is 12.1 Å². The zero-order valence-corrected chi connectivity index (χ0v) is 14.9. The molecule has 0 fully saturated rings. The van der Waals surface area contributed by atoms with E-state index in [-0.39, 0.29) is 26.7 Å². The Balaban J connectivity index is 2.19. The second kappa shape index (κ2) is 5.89. The summed E-state index contributed by atoms with van der Waals surface area (Å²) in [5.41, 5.74) is 1.69. The third-order valence-corrected chi connectivity index (χ3v) is 6.64. The molecule has 0 aromatic heterocycles. The van der Waals surface area contributed by atoms with Gasteiger partial charge in [0.05, 0.1) is 17.8 Å². The predicted molar refractivity (Wildman–Crippen MR) is 92.3 cm³/mol. The Bertz CT molecular complexity index is 868. The molecule has 0 N–H and O–H groups in total. The van der Waals surface area contributed by atoms with Gasteiger partial charge in [-0.25, -0.2) is 8.42 Å². The molecular weight excluding hydrogens is 357 g/mol. The summed E-state index contributed by atoms with van der Waals surface area (Å²) >= 11 is 12.1. The number of nitrogens with zero attached hydrogens (tertiary/aromatic N) is 1. The van der Waals surface area contributed by atoms with Gasteiger partial charge in [-0.05, 0) is 37.1 Å². The van der Waals surface area contributed by atoms with E-state index in [9.17, 15) is 8.42 Å². The van der Waals surface area contributed by atoms with Gasteiger partial charge in [0.25, 0.3) is 10.0 Å². The highest BCUT2D eigenvalue weighted by molar-refractivity contribution is 7.93. The maximum absolute atomic E-state index is 13.2. The fourth-order valence-electron chi connectivity index (χ4n) is 2.92. The van der Waals surface area contributed by atoms with Crippen LogP contribution in [0.2, 0.25) is 10.0 Å². The lowest BCUT2D eigenvalue weighted by Gasteiger charge is -2.25. The second-order valence-electron chi connectivity index (χ2n) is 5.38. The number of hydrogen-bond donors (Lipinski definition) is 0. The highest BCUT2D eigenvalue weighted by atomic mass is 35.5. The van der Waals surface area contributed by atoms with Crippen molar-refractivity contribution in [2.45, 2.75) is 24.3 Å². The first-order valence-corrected chi connectivity index (χ1v) is 9.22. The summed E-state index contributed by atoms with van der Waals surface area (Å²) in [6.45, 7) is 1.88. The summed E-state index contributed by atoms with van der Waals surface area (Å²) in [6.07, 6.45) is 0.666. The highest BCUT2D eigenvalue weighted by Crippen LogP contribution is 2.42. The number of anilines is 1. The fourth-order valence-corrected chi connectivity index (χ4v) is 5.22. The average Bonchev–Trinajstić information content (AvgIpc) is 2.85. The lowest BCUT2D eigenvalue weighted by Crippen LogP contribution is -2.35. The molecule has 4 nitrogen and oxygen atoms in total. The number of ether oxygens (including phenoxy) is 1. The van der Waals surface area contributed by atoms with Gasteiger partial charge < -0.3 is 4.74 Å². The number of hydrogen-bond acceptors (Lipinski definition) is 3. The quantitative estimate of drug-likeness (QED) is 0.814. The standard InChI is InChI=1S/C16H15Cl2NO3S/c1-10-9-11-5-3-4-6-13(11)19(10)23(20,21)14-8-7-12(17)15(18)16(14)22-2/h3-8,10H,9H2,1-2H3/t10-/m0/s1. The van der Waals surface area contributed by atoms with Crippen LogP contribution in [-0.4, -0.2) is 21.6 Å². The van der Waals surface area contributed by atoms with E-state index in [2.05, 4.69) is 0 Å². The summed E-state index contributed by atoms with van der Waals surface area (Å²) < 4.78 is 33.0. The van der Waals surface area contributed by atoms with E-state index in [4.69, 9.17) is 27.9 Å². The van der Waals surface area contributed by atoms with E-state index in [1.165, 1.54) is 23.5 Å². The van der Waals surface area contributed by atoms with Crippen LogP contribution in [0.5, 0.6) is 5.75 Å². The first-order valence-electron chi connectivity index (χ1n) is 7.02. The molecule has 0 saturated heterocycles. The molecule has 0 spiro atoms. The van der Waals surface area contributed by atoms with Crippen molar-refractivity contribution < 1.29 is 13.2 Å². The highest BCUT2D eigenvalue weighted by Gasteiger charge is 2.38. The number of halogens is 2. The molecule has 1 aliphatic heterocycles. The van der Waals surface area contributed by atoms with Crippen molar-refractivity contribution in [2.75, 3.05) is 11.4 Å². The Morgan fingerprint density at radius 3 is 2.57 bits per heavy atom. The lowest BCUT2D eigenvalue weighted by molar-refractivity contribution is 0.403. The van der Waals surface area contributed by atoms with Crippen LogP contribution in [0.4, 0.5) is 5.69 Å². The molecule has 1 heterocycles. The summed E-state index contributed by atoms with van der Waals surface area (Å²) in [4.78, 5) is 0.0120. The van der Waals surface area contributed by atoms with Crippen LogP contribution in [-0.2, 0) is 16.4 Å². The fraction of sp³-hybridized carbons (Fsp3) is 0.250. The second-order valence-corrected chi connectivity index (χ2v) is 7.94. The number of rotatable bonds is 3. The van der Waals surface area contributed by atoms with Crippen molar-refractivity contribution >= 4 is 38.9 Å². The molecule has 7 heteroatoms. The minimum atomic E-state index is -3.82. The largest absolute Gasteiger partial charge is 0.494 e. The minimum Gasteiger partial charge on any atom is -0.494 e. The molecule has 2 aromatic rings. The lowest BCUT2D eigenvalue weighted by atomic mass is 10.1. The number of fused-ring (bicyclic) bond motifs is 1. The first-order chi connectivity index (χ1) is 10.9. The third-order valence-electron chi connectivity index (χ3n) is 3.90. The van der Waals surface area contributed by atoms with Gasteiger partial charge in [-0.1, -0.05) is 41.4 Å². The van der Waals surface area contributed by atoms with E-state index >= 15 is 0 Å². The maximum Gasteiger partial charge on any atom is 0.268 e.